The van der Waals surface area contributed by atoms with Gasteiger partial charge in [0.1, 0.15) is 5.52 Å². The van der Waals surface area contributed by atoms with Gasteiger partial charge in [0.25, 0.3) is 5.56 Å². The van der Waals surface area contributed by atoms with Crippen LogP contribution < -0.4 is 5.56 Å². The van der Waals surface area contributed by atoms with Gasteiger partial charge in [-0.15, -0.1) is 0 Å². The Hall–Kier alpha value is -3.74. The number of fused-ring (bicyclic) bond motifs is 2. The van der Waals surface area contributed by atoms with E-state index in [1.807, 2.05) is 30.6 Å². The van der Waals surface area contributed by atoms with Gasteiger partial charge in [-0.2, -0.15) is 14.9 Å². The van der Waals surface area contributed by atoms with Gasteiger partial charge in [0.2, 0.25) is 0 Å². The quantitative estimate of drug-likeness (QED) is 0.406. The summed E-state index contributed by atoms with van der Waals surface area (Å²) in [6.45, 7) is -1.50. The summed E-state index contributed by atoms with van der Waals surface area (Å²) in [5.41, 5.74) is 4.86. The highest BCUT2D eigenvalue weighted by atomic mass is 16.1. The molecule has 1 aromatic carbocycles. The predicted molar refractivity (Wildman–Crippen MR) is 128 cm³/mol. The molecule has 0 atom stereocenters. The fourth-order valence-corrected chi connectivity index (χ4v) is 4.66. The van der Waals surface area contributed by atoms with Crippen LogP contribution in [-0.4, -0.2) is 29.1 Å². The summed E-state index contributed by atoms with van der Waals surface area (Å²) >= 11 is 0. The van der Waals surface area contributed by atoms with Gasteiger partial charge in [0.15, 0.2) is 0 Å². The van der Waals surface area contributed by atoms with Crippen LogP contribution >= 0.6 is 0 Å². The first-order valence-corrected chi connectivity index (χ1v) is 11.4. The molecule has 2 aliphatic rings. The maximum absolute atomic E-state index is 14.0. The molecule has 0 bridgehead atoms. The van der Waals surface area contributed by atoms with Crippen LogP contribution in [0.4, 0.5) is 0 Å². The third-order valence-corrected chi connectivity index (χ3v) is 6.75. The van der Waals surface area contributed by atoms with Crippen molar-refractivity contribution >= 4 is 21.9 Å². The van der Waals surface area contributed by atoms with E-state index in [9.17, 15) is 4.79 Å². The lowest BCUT2D eigenvalue weighted by Crippen LogP contribution is -2.24. The molecule has 2 saturated carbocycles. The molecule has 0 spiro atoms. The Balaban J connectivity index is 1.42. The summed E-state index contributed by atoms with van der Waals surface area (Å²) in [6.07, 6.45) is 10.1. The van der Waals surface area contributed by atoms with E-state index in [0.29, 0.717) is 34.0 Å². The van der Waals surface area contributed by atoms with Crippen molar-refractivity contribution in [1.29, 1.82) is 0 Å². The van der Waals surface area contributed by atoms with Crippen LogP contribution in [0.1, 0.15) is 41.4 Å². The third-order valence-electron chi connectivity index (χ3n) is 6.75. The average molecular weight is 440 g/mol. The van der Waals surface area contributed by atoms with Crippen molar-refractivity contribution in [3.8, 4) is 16.8 Å². The predicted octanol–water partition coefficient (Wildman–Crippen LogP) is 4.42. The Kier molecular flexibility index (Phi) is 3.33. The molecule has 0 radical (unpaired) electrons. The average Bonchev–Trinajstić information content (AvgIpc) is 3.78. The fraction of sp³-hybridized carbons (Fsp3) is 0.308. The van der Waals surface area contributed by atoms with Gasteiger partial charge in [-0.25, -0.2) is 0 Å². The summed E-state index contributed by atoms with van der Waals surface area (Å²) in [6, 6.07) is 11.2. The summed E-state index contributed by atoms with van der Waals surface area (Å²) in [4.78, 5) is 18.7. The standard InChI is InChI=1S/C26H24N6O/c1-30-15-19-12-20(7-9-22(19)28-30)32-26(33)24(18-6-8-21(27-13-18)17-4-5-17)25-23(29-32)10-11-31(25)14-16-2-3-16/h6-13,15-17H,2-5,14H2,1H3/i1D3. The molecule has 164 valence electrons. The number of nitrogens with zero attached hydrogens (tertiary/aromatic N) is 6. The highest BCUT2D eigenvalue weighted by Gasteiger charge is 2.27. The first kappa shape index (κ1) is 16.0. The first-order chi connectivity index (χ1) is 17.3. The van der Waals surface area contributed by atoms with Crippen molar-refractivity contribution < 1.29 is 4.11 Å². The Bertz CT molecular complexity index is 1690. The van der Waals surface area contributed by atoms with Crippen LogP contribution in [0.25, 0.3) is 38.8 Å². The number of rotatable bonds is 5. The normalized spacial score (nSPS) is 17.9. The molecule has 4 heterocycles. The van der Waals surface area contributed by atoms with Crippen LogP contribution in [0.15, 0.2) is 59.8 Å². The Morgan fingerprint density at radius 3 is 2.73 bits per heavy atom. The lowest BCUT2D eigenvalue weighted by Gasteiger charge is -2.13. The minimum Gasteiger partial charge on any atom is -0.345 e. The first-order valence-electron chi connectivity index (χ1n) is 12.9. The summed E-state index contributed by atoms with van der Waals surface area (Å²) in [7, 11) is 0. The molecule has 33 heavy (non-hydrogen) atoms. The van der Waals surface area contributed by atoms with Crippen molar-refractivity contribution in [2.45, 2.75) is 38.1 Å². The van der Waals surface area contributed by atoms with Crippen LogP contribution in [0.5, 0.6) is 0 Å². The smallest absolute Gasteiger partial charge is 0.281 e. The van der Waals surface area contributed by atoms with E-state index >= 15 is 0 Å². The summed E-state index contributed by atoms with van der Waals surface area (Å²) in [5.74, 6) is 1.18. The van der Waals surface area contributed by atoms with Gasteiger partial charge in [0.05, 0.1) is 22.3 Å². The van der Waals surface area contributed by atoms with Crippen molar-refractivity contribution in [1.82, 2.24) is 29.1 Å². The molecule has 0 aliphatic heterocycles. The van der Waals surface area contributed by atoms with Crippen LogP contribution in [0.3, 0.4) is 0 Å². The molecule has 2 fully saturated rings. The van der Waals surface area contributed by atoms with E-state index in [4.69, 9.17) is 9.21 Å². The van der Waals surface area contributed by atoms with Gasteiger partial charge in [-0.05, 0) is 61.9 Å². The number of pyridine rings is 1. The maximum atomic E-state index is 14.0. The third kappa shape index (κ3) is 3.18. The highest BCUT2D eigenvalue weighted by Crippen LogP contribution is 2.39. The van der Waals surface area contributed by atoms with Crippen molar-refractivity contribution in [2.24, 2.45) is 12.9 Å². The molecular weight excluding hydrogens is 412 g/mol. The minimum absolute atomic E-state index is 0.234. The molecule has 4 aromatic heterocycles. The minimum atomic E-state index is -2.37. The van der Waals surface area contributed by atoms with Crippen LogP contribution in [-0.2, 0) is 13.5 Å². The molecular formula is C26H24N6O. The molecule has 7 nitrogen and oxygen atoms in total. The van der Waals surface area contributed by atoms with Gasteiger partial charge in [-0.3, -0.25) is 14.5 Å². The Morgan fingerprint density at radius 2 is 1.97 bits per heavy atom. The molecule has 5 aromatic rings. The lowest BCUT2D eigenvalue weighted by atomic mass is 10.1. The summed E-state index contributed by atoms with van der Waals surface area (Å²) < 4.78 is 27.4. The second-order valence-corrected chi connectivity index (χ2v) is 9.30. The zero-order valence-corrected chi connectivity index (χ0v) is 18.0. The van der Waals surface area contributed by atoms with Gasteiger partial charge < -0.3 is 4.57 Å². The van der Waals surface area contributed by atoms with Crippen molar-refractivity contribution in [3.05, 3.63) is 71.0 Å². The van der Waals surface area contributed by atoms with Gasteiger partial charge in [0, 0.05) is 58.8 Å². The van der Waals surface area contributed by atoms with E-state index in [1.54, 1.807) is 18.2 Å². The van der Waals surface area contributed by atoms with Crippen LogP contribution in [0, 0.1) is 5.92 Å². The summed E-state index contributed by atoms with van der Waals surface area (Å²) in [5, 5.41) is 9.50. The van der Waals surface area contributed by atoms with E-state index < -0.39 is 6.98 Å². The molecule has 7 rings (SSSR count). The van der Waals surface area contributed by atoms with Crippen molar-refractivity contribution in [2.75, 3.05) is 0 Å². The van der Waals surface area contributed by atoms with Gasteiger partial charge >= 0.3 is 0 Å². The van der Waals surface area contributed by atoms with Crippen LogP contribution in [0.2, 0.25) is 0 Å². The molecule has 0 saturated heterocycles. The second kappa shape index (κ2) is 6.88. The van der Waals surface area contributed by atoms with E-state index in [-0.39, 0.29) is 5.56 Å². The zero-order valence-electron chi connectivity index (χ0n) is 21.0. The van der Waals surface area contributed by atoms with Gasteiger partial charge in [-0.1, -0.05) is 6.07 Å². The molecule has 0 N–H and O–H groups in total. The molecule has 0 unspecified atom stereocenters. The zero-order chi connectivity index (χ0) is 24.6. The topological polar surface area (TPSA) is 70.5 Å². The number of hydrogen-bond acceptors (Lipinski definition) is 4. The second-order valence-electron chi connectivity index (χ2n) is 9.30. The largest absolute Gasteiger partial charge is 0.345 e. The number of benzene rings is 1. The number of hydrogen-bond donors (Lipinski definition) is 0. The number of aromatic nitrogens is 6. The van der Waals surface area contributed by atoms with E-state index in [0.717, 1.165) is 33.5 Å². The highest BCUT2D eigenvalue weighted by molar-refractivity contribution is 5.92. The van der Waals surface area contributed by atoms with Crippen molar-refractivity contribution in [3.63, 3.8) is 0 Å². The monoisotopic (exact) mass is 439 g/mol. The van der Waals surface area contributed by atoms with E-state index in [2.05, 4.69) is 14.6 Å². The Labute approximate surface area is 194 Å². The Morgan fingerprint density at radius 1 is 1.06 bits per heavy atom. The fourth-order valence-electron chi connectivity index (χ4n) is 4.66. The molecule has 0 amide bonds. The van der Waals surface area contributed by atoms with E-state index in [1.165, 1.54) is 36.6 Å². The molecule has 2 aliphatic carbocycles. The maximum Gasteiger partial charge on any atom is 0.281 e. The number of aryl methyl sites for hydroxylation is 1. The lowest BCUT2D eigenvalue weighted by molar-refractivity contribution is 0.646. The SMILES string of the molecule is [2H]C([2H])([2H])n1cc2cc(-n3nc4ccn(CC5CC5)c4c(-c4ccc(C5CC5)nc4)c3=O)ccc2n1. The molecule has 7 heteroatoms.